The van der Waals surface area contributed by atoms with Crippen LogP contribution in [0.4, 0.5) is 11.4 Å². The Hall–Kier alpha value is -1.66. The Morgan fingerprint density at radius 2 is 2.10 bits per heavy atom. The number of rotatable bonds is 4. The molecule has 1 aliphatic rings. The second kappa shape index (κ2) is 6.19. The molecule has 1 saturated heterocycles. The van der Waals surface area contributed by atoms with Gasteiger partial charge in [-0.3, -0.25) is 10.1 Å². The second-order valence-corrected chi connectivity index (χ2v) is 5.29. The lowest BCUT2D eigenvalue weighted by atomic mass is 9.92. The van der Waals surface area contributed by atoms with E-state index in [-0.39, 0.29) is 18.4 Å². The van der Waals surface area contributed by atoms with E-state index in [0.29, 0.717) is 11.5 Å². The molecule has 0 spiro atoms. The van der Waals surface area contributed by atoms with Crippen LogP contribution < -0.4 is 4.90 Å². The van der Waals surface area contributed by atoms with Gasteiger partial charge < -0.3 is 15.1 Å². The highest BCUT2D eigenvalue weighted by molar-refractivity contribution is 5.55. The maximum atomic E-state index is 10.8. The van der Waals surface area contributed by atoms with E-state index in [2.05, 4.69) is 4.90 Å². The van der Waals surface area contributed by atoms with Gasteiger partial charge in [0.1, 0.15) is 0 Å². The summed E-state index contributed by atoms with van der Waals surface area (Å²) in [4.78, 5) is 12.5. The van der Waals surface area contributed by atoms with Gasteiger partial charge in [-0.25, -0.2) is 0 Å². The number of aliphatic hydroxyl groups is 2. The minimum atomic E-state index is -0.477. The van der Waals surface area contributed by atoms with Crippen LogP contribution in [-0.4, -0.2) is 34.3 Å². The number of piperidine rings is 1. The summed E-state index contributed by atoms with van der Waals surface area (Å²) in [6, 6.07) is 4.85. The monoisotopic (exact) mass is 280 g/mol. The maximum Gasteiger partial charge on any atom is 0.275 e. The number of nitro benzene ring substituents is 1. The lowest BCUT2D eigenvalue weighted by Crippen LogP contribution is -2.37. The molecular formula is C14H20N2O4. The fraction of sp³-hybridized carbons (Fsp3) is 0.571. The largest absolute Gasteiger partial charge is 0.393 e. The predicted octanol–water partition coefficient (Wildman–Crippen LogP) is 1.68. The van der Waals surface area contributed by atoms with Gasteiger partial charge >= 0.3 is 0 Å². The Bertz CT molecular complexity index is 482. The van der Waals surface area contributed by atoms with Crippen LogP contribution in [0.25, 0.3) is 0 Å². The van der Waals surface area contributed by atoms with Crippen LogP contribution in [0.5, 0.6) is 0 Å². The van der Waals surface area contributed by atoms with Crippen LogP contribution in [0.3, 0.4) is 0 Å². The van der Waals surface area contributed by atoms with Crippen LogP contribution in [0.1, 0.15) is 25.3 Å². The summed E-state index contributed by atoms with van der Waals surface area (Å²) in [6.45, 7) is 3.11. The van der Waals surface area contributed by atoms with E-state index in [1.54, 1.807) is 12.1 Å². The number of aliphatic hydroxyl groups excluding tert-OH is 2. The van der Waals surface area contributed by atoms with Crippen molar-refractivity contribution in [1.29, 1.82) is 0 Å². The third-order valence-electron chi connectivity index (χ3n) is 4.02. The smallest absolute Gasteiger partial charge is 0.275 e. The standard InChI is InChI=1S/C14H20N2O4/c1-10(18)11-4-6-15(7-5-11)13-2-3-14(16(19)20)12(8-13)9-17/h2-3,8,10-11,17-18H,4-7,9H2,1H3. The van der Waals surface area contributed by atoms with Crippen LogP contribution in [-0.2, 0) is 6.61 Å². The number of hydrogen-bond acceptors (Lipinski definition) is 5. The van der Waals surface area contributed by atoms with Crippen molar-refractivity contribution in [2.45, 2.75) is 32.5 Å². The van der Waals surface area contributed by atoms with E-state index in [1.165, 1.54) is 6.07 Å². The molecule has 110 valence electrons. The van der Waals surface area contributed by atoms with Gasteiger partial charge in [-0.1, -0.05) is 0 Å². The molecule has 0 bridgehead atoms. The summed E-state index contributed by atoms with van der Waals surface area (Å²) < 4.78 is 0. The predicted molar refractivity (Wildman–Crippen MR) is 75.6 cm³/mol. The molecule has 1 heterocycles. The highest BCUT2D eigenvalue weighted by Gasteiger charge is 2.24. The van der Waals surface area contributed by atoms with Gasteiger partial charge in [0.25, 0.3) is 5.69 Å². The van der Waals surface area contributed by atoms with Crippen molar-refractivity contribution in [3.05, 3.63) is 33.9 Å². The van der Waals surface area contributed by atoms with Gasteiger partial charge in [-0.15, -0.1) is 0 Å². The number of anilines is 1. The fourth-order valence-electron chi connectivity index (χ4n) is 2.71. The molecule has 2 rings (SSSR count). The van der Waals surface area contributed by atoms with E-state index >= 15 is 0 Å². The fourth-order valence-corrected chi connectivity index (χ4v) is 2.71. The second-order valence-electron chi connectivity index (χ2n) is 5.29. The average molecular weight is 280 g/mol. The van der Waals surface area contributed by atoms with Crippen molar-refractivity contribution in [3.8, 4) is 0 Å². The molecule has 1 aromatic rings. The zero-order valence-corrected chi connectivity index (χ0v) is 11.5. The highest BCUT2D eigenvalue weighted by Crippen LogP contribution is 2.29. The molecule has 6 heteroatoms. The molecule has 2 N–H and O–H groups in total. The molecule has 1 unspecified atom stereocenters. The first-order valence-electron chi connectivity index (χ1n) is 6.84. The zero-order chi connectivity index (χ0) is 14.7. The van der Waals surface area contributed by atoms with Crippen LogP contribution in [0.2, 0.25) is 0 Å². The van der Waals surface area contributed by atoms with Gasteiger partial charge in [-0.05, 0) is 37.8 Å². The summed E-state index contributed by atoms with van der Waals surface area (Å²) in [7, 11) is 0. The Morgan fingerprint density at radius 3 is 2.60 bits per heavy atom. The minimum Gasteiger partial charge on any atom is -0.393 e. The Kier molecular flexibility index (Phi) is 4.57. The molecule has 6 nitrogen and oxygen atoms in total. The van der Waals surface area contributed by atoms with Crippen molar-refractivity contribution in [2.24, 2.45) is 5.92 Å². The van der Waals surface area contributed by atoms with E-state index in [0.717, 1.165) is 31.6 Å². The molecule has 1 atom stereocenters. The normalized spacial score (nSPS) is 18.1. The minimum absolute atomic E-state index is 0.0462. The molecule has 0 amide bonds. The Morgan fingerprint density at radius 1 is 1.45 bits per heavy atom. The van der Waals surface area contributed by atoms with Crippen molar-refractivity contribution < 1.29 is 15.1 Å². The van der Waals surface area contributed by atoms with E-state index in [1.807, 2.05) is 6.92 Å². The number of nitro groups is 1. The summed E-state index contributed by atoms with van der Waals surface area (Å²) >= 11 is 0. The van der Waals surface area contributed by atoms with Crippen molar-refractivity contribution >= 4 is 11.4 Å². The molecule has 1 aliphatic heterocycles. The number of benzene rings is 1. The topological polar surface area (TPSA) is 86.8 Å². The van der Waals surface area contributed by atoms with E-state index in [4.69, 9.17) is 0 Å². The van der Waals surface area contributed by atoms with E-state index < -0.39 is 4.92 Å². The van der Waals surface area contributed by atoms with Gasteiger partial charge in [0.2, 0.25) is 0 Å². The first kappa shape index (κ1) is 14.7. The number of hydrogen-bond donors (Lipinski definition) is 2. The summed E-state index contributed by atoms with van der Waals surface area (Å²) in [5, 5.41) is 29.7. The lowest BCUT2D eigenvalue weighted by molar-refractivity contribution is -0.385. The van der Waals surface area contributed by atoms with Crippen molar-refractivity contribution in [1.82, 2.24) is 0 Å². The van der Waals surface area contributed by atoms with Gasteiger partial charge in [0, 0.05) is 24.8 Å². The first-order valence-corrected chi connectivity index (χ1v) is 6.84. The van der Waals surface area contributed by atoms with Crippen LogP contribution >= 0.6 is 0 Å². The molecule has 0 aromatic heterocycles. The van der Waals surface area contributed by atoms with Gasteiger partial charge in [0.05, 0.1) is 23.2 Å². The third kappa shape index (κ3) is 3.08. The number of nitrogens with zero attached hydrogens (tertiary/aromatic N) is 2. The Labute approximate surface area is 117 Å². The first-order chi connectivity index (χ1) is 9.52. The summed E-state index contributed by atoms with van der Waals surface area (Å²) in [5.41, 5.74) is 1.18. The summed E-state index contributed by atoms with van der Waals surface area (Å²) in [5.74, 6) is 0.321. The van der Waals surface area contributed by atoms with Gasteiger partial charge in [0.15, 0.2) is 0 Å². The van der Waals surface area contributed by atoms with Crippen LogP contribution in [0, 0.1) is 16.0 Å². The molecule has 20 heavy (non-hydrogen) atoms. The summed E-state index contributed by atoms with van der Waals surface area (Å²) in [6.07, 6.45) is 1.52. The Balaban J connectivity index is 2.12. The molecule has 1 aromatic carbocycles. The quantitative estimate of drug-likeness (QED) is 0.647. The van der Waals surface area contributed by atoms with Crippen LogP contribution in [0.15, 0.2) is 18.2 Å². The SMILES string of the molecule is CC(O)C1CCN(c2ccc([N+](=O)[O-])c(CO)c2)CC1. The average Bonchev–Trinajstić information content (AvgIpc) is 2.46. The maximum absolute atomic E-state index is 10.8. The van der Waals surface area contributed by atoms with E-state index in [9.17, 15) is 20.3 Å². The molecule has 0 saturated carbocycles. The van der Waals surface area contributed by atoms with Crippen molar-refractivity contribution in [3.63, 3.8) is 0 Å². The molecular weight excluding hydrogens is 260 g/mol. The van der Waals surface area contributed by atoms with Crippen molar-refractivity contribution in [2.75, 3.05) is 18.0 Å². The molecule has 1 fully saturated rings. The molecule has 0 radical (unpaired) electrons. The third-order valence-corrected chi connectivity index (χ3v) is 4.02. The zero-order valence-electron chi connectivity index (χ0n) is 11.5. The highest BCUT2D eigenvalue weighted by atomic mass is 16.6. The lowest BCUT2D eigenvalue weighted by Gasteiger charge is -2.34. The molecule has 0 aliphatic carbocycles. The van der Waals surface area contributed by atoms with Gasteiger partial charge in [-0.2, -0.15) is 0 Å².